The Labute approximate surface area is 163 Å². The van der Waals surface area contributed by atoms with Gasteiger partial charge in [0.15, 0.2) is 0 Å². The molecule has 3 N–H and O–H groups in total. The molecule has 26 heavy (non-hydrogen) atoms. The predicted octanol–water partition coefficient (Wildman–Crippen LogP) is 3.56. The Morgan fingerprint density at radius 1 is 1.15 bits per heavy atom. The van der Waals surface area contributed by atoms with Crippen LogP contribution in [0.3, 0.4) is 0 Å². The summed E-state index contributed by atoms with van der Waals surface area (Å²) >= 11 is 4.80. The van der Waals surface area contributed by atoms with E-state index in [0.29, 0.717) is 10.6 Å². The second kappa shape index (κ2) is 7.32. The quantitative estimate of drug-likeness (QED) is 0.684. The molecule has 0 bridgehead atoms. The summed E-state index contributed by atoms with van der Waals surface area (Å²) in [5.41, 5.74) is 7.01. The molecule has 0 saturated heterocycles. The van der Waals surface area contributed by atoms with Gasteiger partial charge in [-0.1, -0.05) is 6.07 Å². The lowest BCUT2D eigenvalue weighted by Crippen LogP contribution is -2.40. The third-order valence-corrected chi connectivity index (χ3v) is 7.16. The lowest BCUT2D eigenvalue weighted by molar-refractivity contribution is -0.117. The minimum atomic E-state index is -0.529. The molecule has 1 aliphatic rings. The minimum absolute atomic E-state index is 0.106. The van der Waals surface area contributed by atoms with Crippen LogP contribution in [0.1, 0.15) is 31.7 Å². The number of amides is 2. The van der Waals surface area contributed by atoms with E-state index >= 15 is 0 Å². The van der Waals surface area contributed by atoms with Crippen LogP contribution in [0.2, 0.25) is 0 Å². The number of nitrogens with zero attached hydrogens (tertiary/aromatic N) is 1. The first-order chi connectivity index (χ1) is 12.6. The number of primary amides is 1. The van der Waals surface area contributed by atoms with Crippen LogP contribution in [0.15, 0.2) is 40.4 Å². The van der Waals surface area contributed by atoms with Crippen molar-refractivity contribution in [3.05, 3.63) is 61.3 Å². The summed E-state index contributed by atoms with van der Waals surface area (Å²) in [7, 11) is 0. The fraction of sp³-hybridized carbons (Fsp3) is 0.222. The zero-order chi connectivity index (χ0) is 18.1. The maximum absolute atomic E-state index is 12.6. The van der Waals surface area contributed by atoms with E-state index < -0.39 is 5.91 Å². The van der Waals surface area contributed by atoms with Crippen LogP contribution in [0.4, 0.5) is 5.00 Å². The molecular formula is C18H17N3O2S3. The highest BCUT2D eigenvalue weighted by Crippen LogP contribution is 2.39. The Hall–Kier alpha value is -2.00. The predicted molar refractivity (Wildman–Crippen MR) is 107 cm³/mol. The summed E-state index contributed by atoms with van der Waals surface area (Å²) in [4.78, 5) is 28.9. The molecular weight excluding hydrogens is 386 g/mol. The molecule has 0 unspecified atom stereocenters. The van der Waals surface area contributed by atoms with E-state index in [1.165, 1.54) is 26.7 Å². The maximum Gasteiger partial charge on any atom is 0.251 e. The molecule has 3 aromatic rings. The van der Waals surface area contributed by atoms with Crippen molar-refractivity contribution in [2.24, 2.45) is 5.73 Å². The van der Waals surface area contributed by atoms with E-state index in [-0.39, 0.29) is 18.5 Å². The second-order valence-corrected chi connectivity index (χ2v) is 8.91. The summed E-state index contributed by atoms with van der Waals surface area (Å²) in [5.74, 6) is -0.658. The van der Waals surface area contributed by atoms with Crippen molar-refractivity contribution in [2.45, 2.75) is 12.5 Å². The Morgan fingerprint density at radius 3 is 2.77 bits per heavy atom. The van der Waals surface area contributed by atoms with Crippen LogP contribution in [0, 0.1) is 0 Å². The number of carbonyl (C=O) groups excluding carboxylic acids is 2. The lowest BCUT2D eigenvalue weighted by Gasteiger charge is -2.34. The first kappa shape index (κ1) is 17.4. The molecule has 1 aliphatic heterocycles. The van der Waals surface area contributed by atoms with E-state index in [9.17, 15) is 9.59 Å². The molecule has 2 amide bonds. The number of fused-ring (bicyclic) bond motifs is 1. The van der Waals surface area contributed by atoms with Gasteiger partial charge in [0.05, 0.1) is 18.2 Å². The third-order valence-electron chi connectivity index (χ3n) is 4.41. The van der Waals surface area contributed by atoms with E-state index in [0.717, 1.165) is 13.0 Å². The van der Waals surface area contributed by atoms with Gasteiger partial charge in [0.25, 0.3) is 5.91 Å². The molecule has 4 rings (SSSR count). The van der Waals surface area contributed by atoms with Crippen LogP contribution in [0.25, 0.3) is 0 Å². The highest BCUT2D eigenvalue weighted by atomic mass is 32.1. The minimum Gasteiger partial charge on any atom is -0.366 e. The first-order valence-corrected chi connectivity index (χ1v) is 10.8. The molecule has 0 radical (unpaired) electrons. The van der Waals surface area contributed by atoms with Crippen LogP contribution in [-0.2, 0) is 11.2 Å². The Bertz CT molecular complexity index is 929. The smallest absolute Gasteiger partial charge is 0.251 e. The SMILES string of the molecule is NC(=O)c1ccsc1NC(=O)CN1CCc2sccc2[C@H]1c1cccs1. The van der Waals surface area contributed by atoms with Crippen molar-refractivity contribution in [3.8, 4) is 0 Å². The standard InChI is InChI=1S/C18H17N3O2S3/c19-17(23)12-5-9-26-18(12)20-15(22)10-21-6-3-13-11(4-8-25-13)16(21)14-2-1-7-24-14/h1-2,4-5,7-9,16H,3,6,10H2,(H2,19,23)(H,20,22)/t16-/m0/s1. The van der Waals surface area contributed by atoms with Crippen molar-refractivity contribution in [1.29, 1.82) is 0 Å². The van der Waals surface area contributed by atoms with Gasteiger partial charge in [0.2, 0.25) is 5.91 Å². The second-order valence-electron chi connectivity index (χ2n) is 6.01. The Kier molecular flexibility index (Phi) is 4.90. The fourth-order valence-corrected chi connectivity index (χ4v) is 5.86. The summed E-state index contributed by atoms with van der Waals surface area (Å²) in [5, 5.41) is 9.31. The van der Waals surface area contributed by atoms with Crippen LogP contribution in [-0.4, -0.2) is 29.8 Å². The highest BCUT2D eigenvalue weighted by molar-refractivity contribution is 7.14. The molecule has 0 aromatic carbocycles. The topological polar surface area (TPSA) is 75.4 Å². The van der Waals surface area contributed by atoms with E-state index in [2.05, 4.69) is 33.1 Å². The first-order valence-electron chi connectivity index (χ1n) is 8.14. The molecule has 0 saturated carbocycles. The van der Waals surface area contributed by atoms with Crippen LogP contribution in [0.5, 0.6) is 0 Å². The van der Waals surface area contributed by atoms with Gasteiger partial charge in [-0.3, -0.25) is 14.5 Å². The van der Waals surface area contributed by atoms with Crippen LogP contribution >= 0.6 is 34.0 Å². The zero-order valence-electron chi connectivity index (χ0n) is 13.8. The highest BCUT2D eigenvalue weighted by Gasteiger charge is 2.31. The largest absolute Gasteiger partial charge is 0.366 e. The molecule has 134 valence electrons. The number of carbonyl (C=O) groups is 2. The summed E-state index contributed by atoms with van der Waals surface area (Å²) < 4.78 is 0. The van der Waals surface area contributed by atoms with Gasteiger partial charge in [-0.15, -0.1) is 34.0 Å². The molecule has 8 heteroatoms. The van der Waals surface area contributed by atoms with E-state index in [1.54, 1.807) is 34.1 Å². The maximum atomic E-state index is 12.6. The van der Waals surface area contributed by atoms with Gasteiger partial charge in [-0.25, -0.2) is 0 Å². The van der Waals surface area contributed by atoms with Crippen molar-refractivity contribution < 1.29 is 9.59 Å². The van der Waals surface area contributed by atoms with Crippen molar-refractivity contribution in [2.75, 3.05) is 18.4 Å². The Balaban J connectivity index is 1.54. The van der Waals surface area contributed by atoms with Gasteiger partial charge in [-0.05, 0) is 46.3 Å². The van der Waals surface area contributed by atoms with Gasteiger partial charge < -0.3 is 11.1 Å². The fourth-order valence-electron chi connectivity index (χ4n) is 3.27. The Morgan fingerprint density at radius 2 is 2.00 bits per heavy atom. The number of nitrogens with one attached hydrogen (secondary N) is 1. The molecule has 0 fully saturated rings. The molecule has 0 aliphatic carbocycles. The molecule has 0 spiro atoms. The van der Waals surface area contributed by atoms with Gasteiger partial charge in [0.1, 0.15) is 5.00 Å². The van der Waals surface area contributed by atoms with E-state index in [4.69, 9.17) is 5.73 Å². The molecule has 1 atom stereocenters. The average Bonchev–Trinajstić information content (AvgIpc) is 3.35. The molecule has 4 heterocycles. The zero-order valence-corrected chi connectivity index (χ0v) is 16.3. The normalized spacial score (nSPS) is 17.0. The number of rotatable bonds is 5. The van der Waals surface area contributed by atoms with Gasteiger partial charge in [0, 0.05) is 16.3 Å². The van der Waals surface area contributed by atoms with Crippen molar-refractivity contribution >= 4 is 50.8 Å². The number of thiophene rings is 3. The van der Waals surface area contributed by atoms with Gasteiger partial charge in [-0.2, -0.15) is 0 Å². The number of anilines is 1. The van der Waals surface area contributed by atoms with E-state index in [1.807, 2.05) is 6.07 Å². The lowest BCUT2D eigenvalue weighted by atomic mass is 9.98. The third kappa shape index (κ3) is 3.33. The number of hydrogen-bond donors (Lipinski definition) is 2. The monoisotopic (exact) mass is 403 g/mol. The summed E-state index contributed by atoms with van der Waals surface area (Å²) in [6.07, 6.45) is 0.952. The summed E-state index contributed by atoms with van der Waals surface area (Å²) in [6, 6.07) is 8.07. The number of hydrogen-bond acceptors (Lipinski definition) is 6. The summed E-state index contributed by atoms with van der Waals surface area (Å²) in [6.45, 7) is 1.10. The van der Waals surface area contributed by atoms with Crippen molar-refractivity contribution in [3.63, 3.8) is 0 Å². The molecule has 5 nitrogen and oxygen atoms in total. The van der Waals surface area contributed by atoms with Crippen molar-refractivity contribution in [1.82, 2.24) is 4.90 Å². The number of nitrogens with two attached hydrogens (primary N) is 1. The van der Waals surface area contributed by atoms with Crippen LogP contribution < -0.4 is 11.1 Å². The van der Waals surface area contributed by atoms with Gasteiger partial charge >= 0.3 is 0 Å². The molecule has 3 aromatic heterocycles. The average molecular weight is 404 g/mol.